The van der Waals surface area contributed by atoms with Crippen molar-refractivity contribution in [2.75, 3.05) is 0 Å². The van der Waals surface area contributed by atoms with Crippen molar-refractivity contribution in [2.24, 2.45) is 0 Å². The molecule has 2 N–H and O–H groups in total. The van der Waals surface area contributed by atoms with Gasteiger partial charge in [-0.05, 0) is 19.3 Å². The third-order valence-electron chi connectivity index (χ3n) is 1.27. The Morgan fingerprint density at radius 2 is 1.83 bits per heavy atom. The molecule has 0 aromatic carbocycles. The Hall–Kier alpha value is -1.32. The minimum absolute atomic E-state index is 0.154. The van der Waals surface area contributed by atoms with E-state index in [-0.39, 0.29) is 6.42 Å². The van der Waals surface area contributed by atoms with Crippen LogP contribution in [-0.4, -0.2) is 22.2 Å². The zero-order chi connectivity index (χ0) is 9.40. The van der Waals surface area contributed by atoms with Gasteiger partial charge in [0.2, 0.25) is 0 Å². The lowest BCUT2D eigenvalue weighted by Crippen LogP contribution is -1.93. The Morgan fingerprint density at radius 3 is 2.33 bits per heavy atom. The second-order valence-corrected chi connectivity index (χ2v) is 2.38. The molecule has 4 nitrogen and oxygen atoms in total. The van der Waals surface area contributed by atoms with Crippen LogP contribution in [0, 0.1) is 0 Å². The minimum atomic E-state index is -0.965. The molecule has 0 radical (unpaired) electrons. The summed E-state index contributed by atoms with van der Waals surface area (Å²) in [5.74, 6) is -1.77. The molecule has 0 aliphatic heterocycles. The largest absolute Gasteiger partial charge is 0.481 e. The molecule has 0 bridgehead atoms. The predicted molar refractivity (Wildman–Crippen MR) is 42.9 cm³/mol. The average Bonchev–Trinajstić information content (AvgIpc) is 1.95. The van der Waals surface area contributed by atoms with Crippen molar-refractivity contribution in [3.8, 4) is 0 Å². The molecular weight excluding hydrogens is 160 g/mol. The zero-order valence-electron chi connectivity index (χ0n) is 6.69. The summed E-state index contributed by atoms with van der Waals surface area (Å²) >= 11 is 0. The van der Waals surface area contributed by atoms with Crippen molar-refractivity contribution < 1.29 is 19.8 Å². The first kappa shape index (κ1) is 10.7. The van der Waals surface area contributed by atoms with Crippen molar-refractivity contribution in [1.29, 1.82) is 0 Å². The van der Waals surface area contributed by atoms with Gasteiger partial charge in [-0.15, -0.1) is 0 Å². The summed E-state index contributed by atoms with van der Waals surface area (Å²) in [5.41, 5.74) is 0. The quantitative estimate of drug-likeness (QED) is 0.467. The van der Waals surface area contributed by atoms with E-state index in [2.05, 4.69) is 0 Å². The van der Waals surface area contributed by atoms with Gasteiger partial charge in [0.1, 0.15) is 0 Å². The van der Waals surface area contributed by atoms with Crippen LogP contribution in [0.2, 0.25) is 0 Å². The Balaban J connectivity index is 3.21. The monoisotopic (exact) mass is 172 g/mol. The molecule has 0 aliphatic carbocycles. The summed E-state index contributed by atoms with van der Waals surface area (Å²) < 4.78 is 0. The summed E-state index contributed by atoms with van der Waals surface area (Å²) in [6, 6.07) is 0. The van der Waals surface area contributed by atoms with Gasteiger partial charge in [0.25, 0.3) is 0 Å². The summed E-state index contributed by atoms with van der Waals surface area (Å²) in [5, 5.41) is 16.4. The standard InChI is InChI=1S/C8H12O4/c9-7(10)5-3-1-2-4-6-8(11)12/h3,5H,1-2,4,6H2,(H,9,10)(H,11,12)/b5-3-. The summed E-state index contributed by atoms with van der Waals surface area (Å²) in [4.78, 5) is 20.0. The van der Waals surface area contributed by atoms with Gasteiger partial charge in [-0.3, -0.25) is 4.79 Å². The van der Waals surface area contributed by atoms with Crippen LogP contribution in [0.4, 0.5) is 0 Å². The number of hydrogen-bond acceptors (Lipinski definition) is 2. The molecule has 0 atom stereocenters. The first-order valence-corrected chi connectivity index (χ1v) is 3.74. The molecule has 4 heteroatoms. The fourth-order valence-corrected chi connectivity index (χ4v) is 0.723. The fourth-order valence-electron chi connectivity index (χ4n) is 0.723. The third-order valence-corrected chi connectivity index (χ3v) is 1.27. The van der Waals surface area contributed by atoms with Gasteiger partial charge in [0.05, 0.1) is 0 Å². The van der Waals surface area contributed by atoms with Crippen molar-refractivity contribution in [3.05, 3.63) is 12.2 Å². The van der Waals surface area contributed by atoms with Gasteiger partial charge in [-0.2, -0.15) is 0 Å². The third kappa shape index (κ3) is 8.68. The van der Waals surface area contributed by atoms with Crippen LogP contribution in [0.15, 0.2) is 12.2 Å². The molecule has 0 aliphatic rings. The zero-order valence-corrected chi connectivity index (χ0v) is 6.69. The molecule has 0 saturated heterocycles. The van der Waals surface area contributed by atoms with E-state index in [1.807, 2.05) is 0 Å². The number of carbonyl (C=O) groups is 2. The Kier molecular flexibility index (Phi) is 5.69. The lowest BCUT2D eigenvalue weighted by molar-refractivity contribution is -0.137. The van der Waals surface area contributed by atoms with E-state index in [1.165, 1.54) is 6.08 Å². The van der Waals surface area contributed by atoms with E-state index in [1.54, 1.807) is 0 Å². The molecule has 12 heavy (non-hydrogen) atoms. The van der Waals surface area contributed by atoms with Crippen LogP contribution >= 0.6 is 0 Å². The van der Waals surface area contributed by atoms with Gasteiger partial charge < -0.3 is 10.2 Å². The number of carboxylic acid groups (broad SMARTS) is 2. The summed E-state index contributed by atoms with van der Waals surface area (Å²) in [6.45, 7) is 0. The molecule has 0 aromatic rings. The lowest BCUT2D eigenvalue weighted by atomic mass is 10.2. The molecule has 0 fully saturated rings. The van der Waals surface area contributed by atoms with Gasteiger partial charge >= 0.3 is 11.9 Å². The van der Waals surface area contributed by atoms with Crippen LogP contribution in [-0.2, 0) is 9.59 Å². The van der Waals surface area contributed by atoms with Crippen molar-refractivity contribution >= 4 is 11.9 Å². The van der Waals surface area contributed by atoms with Crippen molar-refractivity contribution in [2.45, 2.75) is 25.7 Å². The SMILES string of the molecule is O=C(O)/C=C\CCCCC(=O)O. The fraction of sp³-hybridized carbons (Fsp3) is 0.500. The van der Waals surface area contributed by atoms with Crippen LogP contribution in [0.25, 0.3) is 0 Å². The van der Waals surface area contributed by atoms with Crippen LogP contribution in [0.3, 0.4) is 0 Å². The van der Waals surface area contributed by atoms with E-state index in [4.69, 9.17) is 10.2 Å². The van der Waals surface area contributed by atoms with Gasteiger partial charge in [0.15, 0.2) is 0 Å². The van der Waals surface area contributed by atoms with Crippen LogP contribution in [0.5, 0.6) is 0 Å². The van der Waals surface area contributed by atoms with E-state index in [0.717, 1.165) is 12.5 Å². The second kappa shape index (κ2) is 6.39. The Morgan fingerprint density at radius 1 is 1.17 bits per heavy atom. The molecule has 0 aromatic heterocycles. The maximum absolute atomic E-state index is 10.0. The van der Waals surface area contributed by atoms with E-state index in [0.29, 0.717) is 12.8 Å². The average molecular weight is 172 g/mol. The van der Waals surface area contributed by atoms with Gasteiger partial charge in [0, 0.05) is 12.5 Å². The van der Waals surface area contributed by atoms with Crippen LogP contribution < -0.4 is 0 Å². The lowest BCUT2D eigenvalue weighted by Gasteiger charge is -1.91. The highest BCUT2D eigenvalue weighted by atomic mass is 16.4. The first-order valence-electron chi connectivity index (χ1n) is 3.74. The molecule has 0 amide bonds. The number of aliphatic carboxylic acids is 2. The van der Waals surface area contributed by atoms with Gasteiger partial charge in [-0.25, -0.2) is 4.79 Å². The minimum Gasteiger partial charge on any atom is -0.481 e. The second-order valence-electron chi connectivity index (χ2n) is 2.38. The van der Waals surface area contributed by atoms with Crippen molar-refractivity contribution in [1.82, 2.24) is 0 Å². The molecule has 0 heterocycles. The topological polar surface area (TPSA) is 74.6 Å². The molecule has 0 rings (SSSR count). The van der Waals surface area contributed by atoms with Gasteiger partial charge in [-0.1, -0.05) is 6.08 Å². The van der Waals surface area contributed by atoms with E-state index < -0.39 is 11.9 Å². The molecule has 68 valence electrons. The van der Waals surface area contributed by atoms with Crippen molar-refractivity contribution in [3.63, 3.8) is 0 Å². The highest BCUT2D eigenvalue weighted by Crippen LogP contribution is 2.00. The first-order chi connectivity index (χ1) is 5.63. The van der Waals surface area contributed by atoms with E-state index in [9.17, 15) is 9.59 Å². The summed E-state index contributed by atoms with van der Waals surface area (Å²) in [7, 11) is 0. The summed E-state index contributed by atoms with van der Waals surface area (Å²) in [6.07, 6.45) is 4.70. The Bertz CT molecular complexity index is 183. The normalized spacial score (nSPS) is 10.3. The van der Waals surface area contributed by atoms with E-state index >= 15 is 0 Å². The Labute approximate surface area is 70.5 Å². The maximum Gasteiger partial charge on any atom is 0.327 e. The molecule has 0 spiro atoms. The number of carboxylic acids is 2. The number of hydrogen-bond donors (Lipinski definition) is 2. The highest BCUT2D eigenvalue weighted by molar-refractivity contribution is 5.79. The molecule has 0 saturated carbocycles. The smallest absolute Gasteiger partial charge is 0.327 e. The molecule has 0 unspecified atom stereocenters. The number of allylic oxidation sites excluding steroid dienone is 1. The number of rotatable bonds is 6. The predicted octanol–water partition coefficient (Wildman–Crippen LogP) is 1.27. The number of unbranched alkanes of at least 4 members (excludes halogenated alkanes) is 2. The van der Waals surface area contributed by atoms with Crippen LogP contribution in [0.1, 0.15) is 25.7 Å². The maximum atomic E-state index is 10.0. The molecular formula is C8H12O4. The highest BCUT2D eigenvalue weighted by Gasteiger charge is 1.94.